The minimum Gasteiger partial charge on any atom is -0.390 e. The van der Waals surface area contributed by atoms with E-state index in [1.54, 1.807) is 18.0 Å². The summed E-state index contributed by atoms with van der Waals surface area (Å²) in [5.74, 6) is 0.00255. The molecule has 0 bridgehead atoms. The van der Waals surface area contributed by atoms with E-state index in [0.29, 0.717) is 19.5 Å². The second kappa shape index (κ2) is 4.39. The highest BCUT2D eigenvalue weighted by molar-refractivity contribution is 5.77. The molecule has 2 atom stereocenters. The molecule has 4 heteroatoms. The van der Waals surface area contributed by atoms with Gasteiger partial charge in [-0.1, -0.05) is 6.08 Å². The number of carbonyl (C=O) groups excluding carboxylic acids is 1. The number of β-amino-alcohol motifs (C(OH)–C–C–N with tert-alkyl or cyclic N) is 1. The molecule has 2 N–H and O–H groups in total. The van der Waals surface area contributed by atoms with E-state index in [2.05, 4.69) is 11.9 Å². The van der Waals surface area contributed by atoms with Crippen LogP contribution in [0.5, 0.6) is 0 Å². The normalized spacial score (nSPS) is 27.2. The molecule has 0 radical (unpaired) electrons. The van der Waals surface area contributed by atoms with Crippen molar-refractivity contribution in [1.82, 2.24) is 10.2 Å². The first-order chi connectivity index (χ1) is 6.16. The molecule has 0 saturated carbocycles. The fourth-order valence-electron chi connectivity index (χ4n) is 1.50. The third kappa shape index (κ3) is 2.29. The summed E-state index contributed by atoms with van der Waals surface area (Å²) in [7, 11) is 1.72. The molecule has 0 aromatic heterocycles. The number of nitrogens with zero attached hydrogens (tertiary/aromatic N) is 1. The maximum absolute atomic E-state index is 11.4. The van der Waals surface area contributed by atoms with Crippen molar-refractivity contribution in [2.45, 2.75) is 18.6 Å². The molecule has 1 saturated heterocycles. The van der Waals surface area contributed by atoms with E-state index in [1.807, 2.05) is 0 Å². The van der Waals surface area contributed by atoms with Crippen LogP contribution < -0.4 is 5.32 Å². The van der Waals surface area contributed by atoms with E-state index < -0.39 is 6.10 Å². The minimum atomic E-state index is -0.446. The predicted octanol–water partition coefficient (Wildman–Crippen LogP) is -0.646. The summed E-state index contributed by atoms with van der Waals surface area (Å²) in [6.45, 7) is 4.74. The van der Waals surface area contributed by atoms with Gasteiger partial charge in [0.05, 0.1) is 12.1 Å². The Hall–Kier alpha value is -0.870. The maximum Gasteiger partial charge on any atom is 0.226 e. The summed E-state index contributed by atoms with van der Waals surface area (Å²) in [5.41, 5.74) is 0. The molecule has 1 aliphatic rings. The molecule has 1 fully saturated rings. The van der Waals surface area contributed by atoms with Crippen LogP contribution in [-0.2, 0) is 4.79 Å². The Bertz CT molecular complexity index is 206. The maximum atomic E-state index is 11.4. The molecule has 4 nitrogen and oxygen atoms in total. The lowest BCUT2D eigenvalue weighted by molar-refractivity contribution is -0.132. The van der Waals surface area contributed by atoms with Gasteiger partial charge in [-0.3, -0.25) is 4.79 Å². The van der Waals surface area contributed by atoms with Crippen molar-refractivity contribution in [3.8, 4) is 0 Å². The number of hydrogen-bond donors (Lipinski definition) is 2. The van der Waals surface area contributed by atoms with Crippen molar-refractivity contribution in [1.29, 1.82) is 0 Å². The van der Waals surface area contributed by atoms with Crippen molar-refractivity contribution >= 4 is 5.91 Å². The molecule has 13 heavy (non-hydrogen) atoms. The highest BCUT2D eigenvalue weighted by Gasteiger charge is 2.30. The zero-order valence-corrected chi connectivity index (χ0v) is 7.86. The Morgan fingerprint density at radius 2 is 2.46 bits per heavy atom. The van der Waals surface area contributed by atoms with Crippen LogP contribution in [0, 0.1) is 0 Å². The van der Waals surface area contributed by atoms with Crippen LogP contribution in [-0.4, -0.2) is 48.2 Å². The molecular formula is C9H16N2O2. The van der Waals surface area contributed by atoms with Crippen molar-refractivity contribution in [3.05, 3.63) is 12.7 Å². The zero-order valence-electron chi connectivity index (χ0n) is 7.86. The molecule has 0 aromatic rings. The van der Waals surface area contributed by atoms with Gasteiger partial charge in [0.25, 0.3) is 0 Å². The average molecular weight is 184 g/mol. The number of aliphatic hydroxyl groups excluding tert-OH is 1. The summed E-state index contributed by atoms with van der Waals surface area (Å²) in [6, 6.07) is -0.0903. The first-order valence-electron chi connectivity index (χ1n) is 4.42. The van der Waals surface area contributed by atoms with Gasteiger partial charge >= 0.3 is 0 Å². The van der Waals surface area contributed by atoms with E-state index in [9.17, 15) is 9.90 Å². The summed E-state index contributed by atoms with van der Waals surface area (Å²) >= 11 is 0. The fourth-order valence-corrected chi connectivity index (χ4v) is 1.50. The highest BCUT2D eigenvalue weighted by Crippen LogP contribution is 2.08. The van der Waals surface area contributed by atoms with E-state index in [4.69, 9.17) is 0 Å². The van der Waals surface area contributed by atoms with E-state index in [1.165, 1.54) is 0 Å². The van der Waals surface area contributed by atoms with Gasteiger partial charge in [0.2, 0.25) is 5.91 Å². The number of nitrogens with one attached hydrogen (secondary N) is 1. The number of likely N-dealkylation sites (N-methyl/N-ethyl adjacent to an activating group) is 1. The van der Waals surface area contributed by atoms with Crippen molar-refractivity contribution < 1.29 is 9.90 Å². The highest BCUT2D eigenvalue weighted by atomic mass is 16.3. The van der Waals surface area contributed by atoms with E-state index in [-0.39, 0.29) is 11.9 Å². The van der Waals surface area contributed by atoms with Crippen LogP contribution in [0.25, 0.3) is 0 Å². The van der Waals surface area contributed by atoms with E-state index >= 15 is 0 Å². The largest absolute Gasteiger partial charge is 0.390 e. The molecule has 0 spiro atoms. The SMILES string of the molecule is C=CCC(=O)N(C)[C@H]1CNC[C@@H]1O. The lowest BCUT2D eigenvalue weighted by Gasteiger charge is -2.25. The number of aliphatic hydroxyl groups is 1. The van der Waals surface area contributed by atoms with Crippen molar-refractivity contribution in [3.63, 3.8) is 0 Å². The Morgan fingerprint density at radius 3 is 2.92 bits per heavy atom. The van der Waals surface area contributed by atoms with Crippen molar-refractivity contribution in [2.75, 3.05) is 20.1 Å². The van der Waals surface area contributed by atoms with Gasteiger partial charge in [0, 0.05) is 26.6 Å². The number of amides is 1. The van der Waals surface area contributed by atoms with Crippen LogP contribution in [0.1, 0.15) is 6.42 Å². The lowest BCUT2D eigenvalue weighted by Crippen LogP contribution is -2.44. The first kappa shape index (κ1) is 10.2. The van der Waals surface area contributed by atoms with Gasteiger partial charge in [-0.2, -0.15) is 0 Å². The smallest absolute Gasteiger partial charge is 0.226 e. The second-order valence-electron chi connectivity index (χ2n) is 3.29. The number of carbonyl (C=O) groups is 1. The topological polar surface area (TPSA) is 52.6 Å². The van der Waals surface area contributed by atoms with Gasteiger partial charge in [0.1, 0.15) is 0 Å². The van der Waals surface area contributed by atoms with Crippen molar-refractivity contribution in [2.24, 2.45) is 0 Å². The molecule has 1 aliphatic heterocycles. The summed E-state index contributed by atoms with van der Waals surface area (Å²) < 4.78 is 0. The second-order valence-corrected chi connectivity index (χ2v) is 3.29. The van der Waals surface area contributed by atoms with Crippen LogP contribution in [0.3, 0.4) is 0 Å². The molecule has 0 unspecified atom stereocenters. The number of rotatable bonds is 3. The van der Waals surface area contributed by atoms with Crippen LogP contribution in [0.2, 0.25) is 0 Å². The summed E-state index contributed by atoms with van der Waals surface area (Å²) in [6.07, 6.45) is 1.46. The van der Waals surface area contributed by atoms with Gasteiger partial charge in [0.15, 0.2) is 0 Å². The molecular weight excluding hydrogens is 168 g/mol. The monoisotopic (exact) mass is 184 g/mol. The van der Waals surface area contributed by atoms with Crippen LogP contribution >= 0.6 is 0 Å². The third-order valence-corrected chi connectivity index (χ3v) is 2.36. The Morgan fingerprint density at radius 1 is 1.77 bits per heavy atom. The Kier molecular flexibility index (Phi) is 3.45. The fraction of sp³-hybridized carbons (Fsp3) is 0.667. The minimum absolute atomic E-state index is 0.00255. The average Bonchev–Trinajstić information content (AvgIpc) is 2.50. The zero-order chi connectivity index (χ0) is 9.84. The molecule has 1 amide bonds. The van der Waals surface area contributed by atoms with Gasteiger partial charge in [-0.05, 0) is 0 Å². The third-order valence-electron chi connectivity index (χ3n) is 2.36. The predicted molar refractivity (Wildman–Crippen MR) is 50.2 cm³/mol. The standard InChI is InChI=1S/C9H16N2O2/c1-3-4-9(13)11(2)7-5-10-6-8(7)12/h3,7-8,10,12H,1,4-6H2,2H3/t7-,8-/m0/s1. The van der Waals surface area contributed by atoms with Gasteiger partial charge in [-0.15, -0.1) is 6.58 Å². The summed E-state index contributed by atoms with van der Waals surface area (Å²) in [5, 5.41) is 12.5. The quantitative estimate of drug-likeness (QED) is 0.573. The molecule has 1 heterocycles. The lowest BCUT2D eigenvalue weighted by atomic mass is 10.2. The molecule has 0 aromatic carbocycles. The van der Waals surface area contributed by atoms with Gasteiger partial charge < -0.3 is 15.3 Å². The molecule has 74 valence electrons. The van der Waals surface area contributed by atoms with Crippen LogP contribution in [0.4, 0.5) is 0 Å². The Labute approximate surface area is 78.2 Å². The first-order valence-corrected chi connectivity index (χ1v) is 4.42. The van der Waals surface area contributed by atoms with Gasteiger partial charge in [-0.25, -0.2) is 0 Å². The molecule has 1 rings (SSSR count). The Balaban J connectivity index is 2.50. The van der Waals surface area contributed by atoms with E-state index in [0.717, 1.165) is 0 Å². The molecule has 0 aliphatic carbocycles. The summed E-state index contributed by atoms with van der Waals surface area (Å²) in [4.78, 5) is 13.0. The van der Waals surface area contributed by atoms with Crippen LogP contribution in [0.15, 0.2) is 12.7 Å². The number of hydrogen-bond acceptors (Lipinski definition) is 3.